The average molecular weight is 280 g/mol. The number of imidazole rings is 1. The number of aryl methyl sites for hydroxylation is 1. The Balaban J connectivity index is 1.97. The smallest absolute Gasteiger partial charge is 0.122 e. The van der Waals surface area contributed by atoms with Crippen LogP contribution in [0.1, 0.15) is 33.0 Å². The number of hydrogen-bond donors (Lipinski definition) is 1. The van der Waals surface area contributed by atoms with Crippen LogP contribution in [0.4, 0.5) is 0 Å². The second-order valence-corrected chi connectivity index (χ2v) is 5.86. The molecule has 1 aliphatic heterocycles. The van der Waals surface area contributed by atoms with Crippen molar-refractivity contribution >= 4 is 0 Å². The van der Waals surface area contributed by atoms with E-state index in [1.807, 2.05) is 12.4 Å². The SMILES string of the molecule is CCn1ccnc1CN1CCN(C(C)C)[C@H](CCO)C1. The Kier molecular flexibility index (Phi) is 5.57. The van der Waals surface area contributed by atoms with E-state index in [4.69, 9.17) is 0 Å². The lowest BCUT2D eigenvalue weighted by Crippen LogP contribution is -2.55. The van der Waals surface area contributed by atoms with Crippen molar-refractivity contribution in [1.29, 1.82) is 0 Å². The summed E-state index contributed by atoms with van der Waals surface area (Å²) >= 11 is 0. The number of aliphatic hydroxyl groups is 1. The normalized spacial score (nSPS) is 21.8. The summed E-state index contributed by atoms with van der Waals surface area (Å²) in [5.41, 5.74) is 0. The van der Waals surface area contributed by atoms with E-state index in [2.05, 4.69) is 40.1 Å². The van der Waals surface area contributed by atoms with Crippen LogP contribution in [-0.2, 0) is 13.1 Å². The van der Waals surface area contributed by atoms with E-state index in [0.717, 1.165) is 45.0 Å². The van der Waals surface area contributed by atoms with Crippen LogP contribution in [0.5, 0.6) is 0 Å². The quantitative estimate of drug-likeness (QED) is 0.850. The number of hydrogen-bond acceptors (Lipinski definition) is 4. The Morgan fingerprint density at radius 1 is 1.40 bits per heavy atom. The maximum atomic E-state index is 9.28. The number of aromatic nitrogens is 2. The van der Waals surface area contributed by atoms with Crippen LogP contribution >= 0.6 is 0 Å². The van der Waals surface area contributed by atoms with Crippen LogP contribution in [0.25, 0.3) is 0 Å². The predicted octanol–water partition coefficient (Wildman–Crippen LogP) is 1.18. The van der Waals surface area contributed by atoms with Gasteiger partial charge in [-0.2, -0.15) is 0 Å². The Labute approximate surface area is 122 Å². The van der Waals surface area contributed by atoms with Crippen LogP contribution in [0.3, 0.4) is 0 Å². The standard InChI is InChI=1S/C15H28N4O/c1-4-18-7-6-16-15(18)12-17-8-9-19(13(2)3)14(11-17)5-10-20/h6-7,13-14,20H,4-5,8-12H2,1-3H3/t14-/m1/s1. The van der Waals surface area contributed by atoms with Gasteiger partial charge in [0.05, 0.1) is 6.54 Å². The van der Waals surface area contributed by atoms with Gasteiger partial charge in [0.25, 0.3) is 0 Å². The fourth-order valence-electron chi connectivity index (χ4n) is 3.14. The van der Waals surface area contributed by atoms with E-state index < -0.39 is 0 Å². The van der Waals surface area contributed by atoms with Crippen molar-refractivity contribution in [1.82, 2.24) is 19.4 Å². The van der Waals surface area contributed by atoms with Gasteiger partial charge < -0.3 is 9.67 Å². The van der Waals surface area contributed by atoms with Gasteiger partial charge in [-0.05, 0) is 27.2 Å². The molecule has 1 atom stereocenters. The summed E-state index contributed by atoms with van der Waals surface area (Å²) in [6.07, 6.45) is 4.79. The van der Waals surface area contributed by atoms with Gasteiger partial charge in [0.1, 0.15) is 5.82 Å². The molecule has 0 amide bonds. The van der Waals surface area contributed by atoms with Crippen molar-refractivity contribution in [3.05, 3.63) is 18.2 Å². The topological polar surface area (TPSA) is 44.5 Å². The molecule has 5 nitrogen and oxygen atoms in total. The molecule has 114 valence electrons. The molecule has 1 aromatic rings. The van der Waals surface area contributed by atoms with Crippen LogP contribution in [0.2, 0.25) is 0 Å². The van der Waals surface area contributed by atoms with Gasteiger partial charge in [0.15, 0.2) is 0 Å². The van der Waals surface area contributed by atoms with Crippen LogP contribution < -0.4 is 0 Å². The second-order valence-electron chi connectivity index (χ2n) is 5.86. The first-order valence-corrected chi connectivity index (χ1v) is 7.74. The monoisotopic (exact) mass is 280 g/mol. The molecule has 1 aromatic heterocycles. The highest BCUT2D eigenvalue weighted by atomic mass is 16.3. The lowest BCUT2D eigenvalue weighted by Gasteiger charge is -2.43. The summed E-state index contributed by atoms with van der Waals surface area (Å²) in [6, 6.07) is 1.00. The number of piperazine rings is 1. The summed E-state index contributed by atoms with van der Waals surface area (Å²) in [7, 11) is 0. The van der Waals surface area contributed by atoms with Crippen LogP contribution in [0, 0.1) is 0 Å². The van der Waals surface area contributed by atoms with E-state index in [-0.39, 0.29) is 6.61 Å². The molecule has 0 spiro atoms. The molecule has 0 radical (unpaired) electrons. The van der Waals surface area contributed by atoms with Gasteiger partial charge >= 0.3 is 0 Å². The highest BCUT2D eigenvalue weighted by Crippen LogP contribution is 2.17. The summed E-state index contributed by atoms with van der Waals surface area (Å²) < 4.78 is 2.20. The van der Waals surface area contributed by atoms with Gasteiger partial charge in [-0.25, -0.2) is 4.98 Å². The summed E-state index contributed by atoms with van der Waals surface area (Å²) in [5, 5.41) is 9.28. The molecule has 20 heavy (non-hydrogen) atoms. The van der Waals surface area contributed by atoms with Crippen molar-refractivity contribution in [3.63, 3.8) is 0 Å². The Morgan fingerprint density at radius 3 is 2.85 bits per heavy atom. The van der Waals surface area contributed by atoms with Gasteiger partial charge in [0, 0.05) is 57.3 Å². The molecule has 0 aliphatic carbocycles. The van der Waals surface area contributed by atoms with Gasteiger partial charge in [-0.3, -0.25) is 9.80 Å². The minimum Gasteiger partial charge on any atom is -0.396 e. The van der Waals surface area contributed by atoms with E-state index in [1.54, 1.807) is 0 Å². The zero-order valence-corrected chi connectivity index (χ0v) is 13.0. The Hall–Kier alpha value is -0.910. The van der Waals surface area contributed by atoms with Gasteiger partial charge in [-0.1, -0.05) is 0 Å². The minimum atomic E-state index is 0.269. The Morgan fingerprint density at radius 2 is 2.20 bits per heavy atom. The summed E-state index contributed by atoms with van der Waals surface area (Å²) in [4.78, 5) is 9.44. The van der Waals surface area contributed by atoms with Crippen LogP contribution in [0.15, 0.2) is 12.4 Å². The molecule has 1 N–H and O–H groups in total. The average Bonchev–Trinajstić information content (AvgIpc) is 2.86. The maximum absolute atomic E-state index is 9.28. The molecule has 1 aliphatic rings. The lowest BCUT2D eigenvalue weighted by molar-refractivity contribution is 0.0334. The first-order chi connectivity index (χ1) is 9.65. The van der Waals surface area contributed by atoms with Crippen LogP contribution in [-0.4, -0.2) is 62.8 Å². The molecule has 2 heterocycles. The molecule has 0 bridgehead atoms. The van der Waals surface area contributed by atoms with Crippen molar-refractivity contribution in [3.8, 4) is 0 Å². The second kappa shape index (κ2) is 7.20. The zero-order chi connectivity index (χ0) is 14.5. The maximum Gasteiger partial charge on any atom is 0.122 e. The van der Waals surface area contributed by atoms with Gasteiger partial charge in [0.2, 0.25) is 0 Å². The number of nitrogens with zero attached hydrogens (tertiary/aromatic N) is 4. The molecule has 5 heteroatoms. The number of rotatable bonds is 6. The molecule has 2 rings (SSSR count). The molecular formula is C15H28N4O. The minimum absolute atomic E-state index is 0.269. The largest absolute Gasteiger partial charge is 0.396 e. The van der Waals surface area contributed by atoms with Crippen molar-refractivity contribution in [2.45, 2.75) is 52.4 Å². The van der Waals surface area contributed by atoms with Crippen molar-refractivity contribution < 1.29 is 5.11 Å². The molecular weight excluding hydrogens is 252 g/mol. The van der Waals surface area contributed by atoms with Crippen molar-refractivity contribution in [2.24, 2.45) is 0 Å². The molecule has 1 saturated heterocycles. The predicted molar refractivity (Wildman–Crippen MR) is 80.5 cm³/mol. The summed E-state index contributed by atoms with van der Waals surface area (Å²) in [6.45, 7) is 12.0. The van der Waals surface area contributed by atoms with Gasteiger partial charge in [-0.15, -0.1) is 0 Å². The van der Waals surface area contributed by atoms with Crippen molar-refractivity contribution in [2.75, 3.05) is 26.2 Å². The molecule has 1 fully saturated rings. The first-order valence-electron chi connectivity index (χ1n) is 7.74. The lowest BCUT2D eigenvalue weighted by atomic mass is 10.1. The zero-order valence-electron chi connectivity index (χ0n) is 13.0. The fraction of sp³-hybridized carbons (Fsp3) is 0.800. The highest BCUT2D eigenvalue weighted by molar-refractivity contribution is 4.94. The van der Waals surface area contributed by atoms with E-state index in [9.17, 15) is 5.11 Å². The third kappa shape index (κ3) is 3.59. The fourth-order valence-corrected chi connectivity index (χ4v) is 3.14. The number of aliphatic hydroxyl groups excluding tert-OH is 1. The molecule has 0 aromatic carbocycles. The third-order valence-corrected chi connectivity index (χ3v) is 4.25. The highest BCUT2D eigenvalue weighted by Gasteiger charge is 2.28. The van der Waals surface area contributed by atoms with E-state index in [0.29, 0.717) is 12.1 Å². The molecule has 0 saturated carbocycles. The Bertz CT molecular complexity index is 404. The third-order valence-electron chi connectivity index (χ3n) is 4.25. The molecule has 0 unspecified atom stereocenters. The summed E-state index contributed by atoms with van der Waals surface area (Å²) in [5.74, 6) is 1.15. The first kappa shape index (κ1) is 15.5. The van der Waals surface area contributed by atoms with E-state index in [1.165, 1.54) is 0 Å². The van der Waals surface area contributed by atoms with E-state index >= 15 is 0 Å².